The molecule has 23 heavy (non-hydrogen) atoms. The summed E-state index contributed by atoms with van der Waals surface area (Å²) in [6, 6.07) is 7.23. The fraction of sp³-hybridized carbons (Fsp3) is 0.353. The molecule has 0 bridgehead atoms. The zero-order valence-corrected chi connectivity index (χ0v) is 13.5. The van der Waals surface area contributed by atoms with Crippen LogP contribution >= 0.6 is 11.6 Å². The first kappa shape index (κ1) is 15.9. The summed E-state index contributed by atoms with van der Waals surface area (Å²) in [6.45, 7) is 3.03. The number of aromatic carboxylic acids is 1. The maximum Gasteiger partial charge on any atom is 0.339 e. The van der Waals surface area contributed by atoms with Crippen molar-refractivity contribution >= 4 is 17.6 Å². The largest absolute Gasteiger partial charge is 0.478 e. The van der Waals surface area contributed by atoms with Gasteiger partial charge >= 0.3 is 5.97 Å². The Morgan fingerprint density at radius 1 is 1.35 bits per heavy atom. The number of rotatable bonds is 4. The van der Waals surface area contributed by atoms with Crippen LogP contribution in [0.4, 0.5) is 0 Å². The molecule has 2 aromatic rings. The topological polar surface area (TPSA) is 72.3 Å². The maximum atomic E-state index is 11.7. The molecule has 1 atom stereocenters. The van der Waals surface area contributed by atoms with Crippen LogP contribution in [0.25, 0.3) is 11.4 Å². The lowest BCUT2D eigenvalue weighted by Crippen LogP contribution is -2.16. The van der Waals surface area contributed by atoms with E-state index >= 15 is 0 Å². The number of ether oxygens (including phenoxy) is 1. The minimum Gasteiger partial charge on any atom is -0.478 e. The van der Waals surface area contributed by atoms with Crippen LogP contribution in [0.5, 0.6) is 0 Å². The number of halogens is 1. The average molecular weight is 333 g/mol. The Labute approximate surface area is 139 Å². The number of carbonyl (C=O) groups is 1. The molecule has 0 amide bonds. The van der Waals surface area contributed by atoms with Crippen molar-refractivity contribution < 1.29 is 14.6 Å². The molecule has 0 spiro atoms. The van der Waals surface area contributed by atoms with Crippen LogP contribution in [0.15, 0.2) is 24.3 Å². The second kappa shape index (κ2) is 6.64. The molecule has 1 aromatic heterocycles. The van der Waals surface area contributed by atoms with E-state index in [0.717, 1.165) is 12.0 Å². The normalized spacial score (nSPS) is 17.4. The molecule has 1 aliphatic heterocycles. The van der Waals surface area contributed by atoms with Crippen molar-refractivity contribution in [2.75, 3.05) is 13.2 Å². The first-order chi connectivity index (χ1) is 11.1. The summed E-state index contributed by atoms with van der Waals surface area (Å²) in [4.78, 5) is 20.8. The molecule has 2 heterocycles. The van der Waals surface area contributed by atoms with Gasteiger partial charge in [0.1, 0.15) is 5.56 Å². The standard InChI is InChI=1S/C17H17ClN2O3/c1-2-13-14(17(21)22)15(11-7-8-23-9-11)20-16(19-13)10-3-5-12(18)6-4-10/h3-6,11H,2,7-9H2,1H3,(H,21,22). The average Bonchev–Trinajstić information content (AvgIpc) is 3.08. The van der Waals surface area contributed by atoms with Crippen molar-refractivity contribution in [3.63, 3.8) is 0 Å². The molecule has 120 valence electrons. The Hall–Kier alpha value is -1.98. The van der Waals surface area contributed by atoms with Gasteiger partial charge in [-0.25, -0.2) is 14.8 Å². The van der Waals surface area contributed by atoms with Crippen LogP contribution in [0, 0.1) is 0 Å². The summed E-state index contributed by atoms with van der Waals surface area (Å²) in [5.41, 5.74) is 2.17. The van der Waals surface area contributed by atoms with E-state index in [4.69, 9.17) is 16.3 Å². The highest BCUT2D eigenvalue weighted by Crippen LogP contribution is 2.30. The van der Waals surface area contributed by atoms with Gasteiger partial charge in [0.25, 0.3) is 0 Å². The lowest BCUT2D eigenvalue weighted by molar-refractivity contribution is 0.0692. The highest BCUT2D eigenvalue weighted by Gasteiger charge is 2.28. The fourth-order valence-electron chi connectivity index (χ4n) is 2.79. The summed E-state index contributed by atoms with van der Waals surface area (Å²) in [5.74, 6) is -0.447. The highest BCUT2D eigenvalue weighted by atomic mass is 35.5. The molecule has 5 nitrogen and oxygen atoms in total. The van der Waals surface area contributed by atoms with Crippen LogP contribution in [-0.4, -0.2) is 34.3 Å². The van der Waals surface area contributed by atoms with Crippen molar-refractivity contribution in [2.45, 2.75) is 25.7 Å². The van der Waals surface area contributed by atoms with Crippen LogP contribution in [0.3, 0.4) is 0 Å². The van der Waals surface area contributed by atoms with E-state index in [9.17, 15) is 9.90 Å². The van der Waals surface area contributed by atoms with Crippen molar-refractivity contribution in [2.24, 2.45) is 0 Å². The molecule has 1 N–H and O–H groups in total. The van der Waals surface area contributed by atoms with Crippen LogP contribution in [0.2, 0.25) is 5.02 Å². The number of benzene rings is 1. The van der Waals surface area contributed by atoms with Crippen LogP contribution < -0.4 is 0 Å². The summed E-state index contributed by atoms with van der Waals surface area (Å²) in [5, 5.41) is 10.2. The Bertz CT molecular complexity index is 725. The molecule has 1 unspecified atom stereocenters. The van der Waals surface area contributed by atoms with Gasteiger partial charge in [-0.2, -0.15) is 0 Å². The monoisotopic (exact) mass is 332 g/mol. The molecule has 1 aromatic carbocycles. The van der Waals surface area contributed by atoms with Gasteiger partial charge in [-0.15, -0.1) is 0 Å². The second-order valence-corrected chi connectivity index (χ2v) is 5.92. The molecule has 1 aliphatic rings. The maximum absolute atomic E-state index is 11.7. The van der Waals surface area contributed by atoms with Crippen molar-refractivity contribution in [3.05, 3.63) is 46.2 Å². The summed E-state index contributed by atoms with van der Waals surface area (Å²) in [7, 11) is 0. The number of carboxylic acids is 1. The van der Waals surface area contributed by atoms with Gasteiger partial charge in [0.05, 0.1) is 18.0 Å². The van der Waals surface area contributed by atoms with E-state index in [-0.39, 0.29) is 11.5 Å². The van der Waals surface area contributed by atoms with Gasteiger partial charge in [0, 0.05) is 23.1 Å². The fourth-order valence-corrected chi connectivity index (χ4v) is 2.92. The highest BCUT2D eigenvalue weighted by molar-refractivity contribution is 6.30. The lowest BCUT2D eigenvalue weighted by Gasteiger charge is -2.15. The minimum absolute atomic E-state index is 0.000417. The molecule has 3 rings (SSSR count). The lowest BCUT2D eigenvalue weighted by atomic mass is 9.97. The molecule has 1 fully saturated rings. The van der Waals surface area contributed by atoms with Crippen LogP contribution in [0.1, 0.15) is 41.0 Å². The minimum atomic E-state index is -0.980. The van der Waals surface area contributed by atoms with E-state index in [1.807, 2.05) is 19.1 Å². The van der Waals surface area contributed by atoms with Crippen LogP contribution in [-0.2, 0) is 11.2 Å². The Balaban J connectivity index is 2.16. The molecular formula is C17H17ClN2O3. The van der Waals surface area contributed by atoms with Crippen molar-refractivity contribution in [3.8, 4) is 11.4 Å². The van der Waals surface area contributed by atoms with E-state index in [1.165, 1.54) is 0 Å². The Morgan fingerprint density at radius 2 is 2.09 bits per heavy atom. The number of nitrogens with zero attached hydrogens (tertiary/aromatic N) is 2. The summed E-state index contributed by atoms with van der Waals surface area (Å²) >= 11 is 5.92. The first-order valence-electron chi connectivity index (χ1n) is 7.58. The predicted octanol–water partition coefficient (Wildman–Crippen LogP) is 3.56. The first-order valence-corrected chi connectivity index (χ1v) is 7.95. The third kappa shape index (κ3) is 3.21. The second-order valence-electron chi connectivity index (χ2n) is 5.48. The summed E-state index contributed by atoms with van der Waals surface area (Å²) in [6.07, 6.45) is 1.31. The van der Waals surface area contributed by atoms with Gasteiger partial charge in [0.15, 0.2) is 5.82 Å². The number of carboxylic acid groups (broad SMARTS) is 1. The smallest absolute Gasteiger partial charge is 0.339 e. The quantitative estimate of drug-likeness (QED) is 0.926. The third-order valence-corrected chi connectivity index (χ3v) is 4.23. The third-order valence-electron chi connectivity index (χ3n) is 3.98. The van der Waals surface area contributed by atoms with Gasteiger partial charge in [-0.1, -0.05) is 18.5 Å². The van der Waals surface area contributed by atoms with E-state index in [2.05, 4.69) is 9.97 Å². The zero-order valence-electron chi connectivity index (χ0n) is 12.8. The number of aromatic nitrogens is 2. The Kier molecular flexibility index (Phi) is 4.59. The van der Waals surface area contributed by atoms with E-state index in [1.54, 1.807) is 12.1 Å². The molecule has 0 radical (unpaired) electrons. The summed E-state index contributed by atoms with van der Waals surface area (Å²) < 4.78 is 5.41. The number of aryl methyl sites for hydroxylation is 1. The van der Waals surface area contributed by atoms with Gasteiger partial charge in [0.2, 0.25) is 0 Å². The van der Waals surface area contributed by atoms with Gasteiger partial charge in [-0.3, -0.25) is 0 Å². The Morgan fingerprint density at radius 3 is 2.65 bits per heavy atom. The zero-order chi connectivity index (χ0) is 16.4. The molecule has 1 saturated heterocycles. The molecule has 0 saturated carbocycles. The van der Waals surface area contributed by atoms with Gasteiger partial charge < -0.3 is 9.84 Å². The predicted molar refractivity (Wildman–Crippen MR) is 87.0 cm³/mol. The van der Waals surface area contributed by atoms with Gasteiger partial charge in [-0.05, 0) is 37.1 Å². The number of hydrogen-bond acceptors (Lipinski definition) is 4. The SMILES string of the molecule is CCc1nc(-c2ccc(Cl)cc2)nc(C2CCOC2)c1C(=O)O. The van der Waals surface area contributed by atoms with Crippen molar-refractivity contribution in [1.82, 2.24) is 9.97 Å². The molecular weight excluding hydrogens is 316 g/mol. The molecule has 6 heteroatoms. The van der Waals surface area contributed by atoms with Crippen molar-refractivity contribution in [1.29, 1.82) is 0 Å². The number of hydrogen-bond donors (Lipinski definition) is 1. The van der Waals surface area contributed by atoms with E-state index in [0.29, 0.717) is 41.9 Å². The molecule has 0 aliphatic carbocycles. The van der Waals surface area contributed by atoms with E-state index < -0.39 is 5.97 Å².